The number of imide groups is 1. The highest BCUT2D eigenvalue weighted by atomic mass is 35.5. The Morgan fingerprint density at radius 1 is 1.21 bits per heavy atom. The van der Waals surface area contributed by atoms with Gasteiger partial charge in [0.25, 0.3) is 5.24 Å². The van der Waals surface area contributed by atoms with E-state index in [1.54, 1.807) is 12.1 Å². The van der Waals surface area contributed by atoms with Crippen LogP contribution >= 0.6 is 23.4 Å². The van der Waals surface area contributed by atoms with Gasteiger partial charge >= 0.3 is 0 Å². The number of rotatable bonds is 7. The molecule has 2 aromatic rings. The number of carbonyl (C=O) groups excluding carboxylic acids is 3. The zero-order valence-corrected chi connectivity index (χ0v) is 17.4. The van der Waals surface area contributed by atoms with Crippen LogP contribution in [-0.2, 0) is 16.0 Å². The number of amides is 3. The molecule has 6 nitrogen and oxygen atoms in total. The fourth-order valence-electron chi connectivity index (χ4n) is 2.99. The molecule has 1 atom stereocenters. The maximum absolute atomic E-state index is 12.7. The predicted octanol–water partition coefficient (Wildman–Crippen LogP) is 4.99. The van der Waals surface area contributed by atoms with E-state index in [0.29, 0.717) is 10.7 Å². The number of carbonyl (C=O) groups is 3. The van der Waals surface area contributed by atoms with Gasteiger partial charge < -0.3 is 10.4 Å². The lowest BCUT2D eigenvalue weighted by Gasteiger charge is -2.14. The number of aryl methyl sites for hydroxylation is 1. The summed E-state index contributed by atoms with van der Waals surface area (Å²) >= 11 is 6.70. The molecule has 0 saturated carbocycles. The van der Waals surface area contributed by atoms with Crippen LogP contribution in [0.25, 0.3) is 0 Å². The van der Waals surface area contributed by atoms with Crippen LogP contribution in [0.2, 0.25) is 5.02 Å². The Hall–Kier alpha value is -2.51. The summed E-state index contributed by atoms with van der Waals surface area (Å²) < 4.78 is 0. The van der Waals surface area contributed by atoms with Gasteiger partial charge in [0, 0.05) is 11.4 Å². The lowest BCUT2D eigenvalue weighted by atomic mass is 10.1. The lowest BCUT2D eigenvalue weighted by Crippen LogP contribution is -2.32. The van der Waals surface area contributed by atoms with Crippen LogP contribution < -0.4 is 10.2 Å². The number of nitrogens with zero attached hydrogens (tertiary/aromatic N) is 1. The minimum Gasteiger partial charge on any atom is -0.506 e. The molecule has 2 aromatic carbocycles. The van der Waals surface area contributed by atoms with Crippen molar-refractivity contribution in [2.45, 2.75) is 37.9 Å². The van der Waals surface area contributed by atoms with E-state index in [-0.39, 0.29) is 17.9 Å². The Morgan fingerprint density at radius 2 is 1.93 bits per heavy atom. The van der Waals surface area contributed by atoms with Crippen LogP contribution in [0.1, 0.15) is 31.7 Å². The molecule has 1 unspecified atom stereocenters. The molecule has 0 aliphatic carbocycles. The number of hydrogen-bond acceptors (Lipinski definition) is 5. The van der Waals surface area contributed by atoms with Crippen molar-refractivity contribution in [3.05, 3.63) is 53.1 Å². The van der Waals surface area contributed by atoms with Crippen molar-refractivity contribution in [1.29, 1.82) is 0 Å². The first kappa shape index (κ1) is 21.2. The van der Waals surface area contributed by atoms with Crippen LogP contribution in [-0.4, -0.2) is 27.4 Å². The molecule has 1 aliphatic heterocycles. The first-order valence-corrected chi connectivity index (χ1v) is 10.6. The maximum atomic E-state index is 12.7. The van der Waals surface area contributed by atoms with Gasteiger partial charge in [-0.25, -0.2) is 4.90 Å². The molecule has 8 heteroatoms. The third kappa shape index (κ3) is 5.10. The van der Waals surface area contributed by atoms with Gasteiger partial charge in [-0.2, -0.15) is 0 Å². The Bertz CT molecular complexity index is 933. The maximum Gasteiger partial charge on any atom is 0.293 e. The van der Waals surface area contributed by atoms with Crippen molar-refractivity contribution in [3.8, 4) is 5.75 Å². The van der Waals surface area contributed by atoms with Gasteiger partial charge in [-0.15, -0.1) is 0 Å². The van der Waals surface area contributed by atoms with Gasteiger partial charge in [-0.3, -0.25) is 14.4 Å². The number of thioether (sulfide) groups is 1. The molecule has 0 spiro atoms. The number of anilines is 2. The van der Waals surface area contributed by atoms with E-state index in [1.807, 2.05) is 12.1 Å². The molecule has 29 heavy (non-hydrogen) atoms. The number of aromatic hydroxyl groups is 1. The van der Waals surface area contributed by atoms with Gasteiger partial charge in [0.1, 0.15) is 11.0 Å². The zero-order valence-electron chi connectivity index (χ0n) is 15.9. The summed E-state index contributed by atoms with van der Waals surface area (Å²) in [7, 11) is 0. The van der Waals surface area contributed by atoms with Crippen molar-refractivity contribution < 1.29 is 19.5 Å². The van der Waals surface area contributed by atoms with E-state index in [0.717, 1.165) is 41.5 Å². The Balaban J connectivity index is 1.65. The van der Waals surface area contributed by atoms with E-state index >= 15 is 0 Å². The fourth-order valence-corrected chi connectivity index (χ4v) is 4.15. The Labute approximate surface area is 178 Å². The molecule has 0 radical (unpaired) electrons. The Morgan fingerprint density at radius 3 is 2.62 bits per heavy atom. The molecule has 3 amide bonds. The van der Waals surface area contributed by atoms with Gasteiger partial charge in [-0.1, -0.05) is 37.1 Å². The largest absolute Gasteiger partial charge is 0.506 e. The van der Waals surface area contributed by atoms with Gasteiger partial charge in [0.15, 0.2) is 0 Å². The summed E-state index contributed by atoms with van der Waals surface area (Å²) in [6, 6.07) is 11.6. The summed E-state index contributed by atoms with van der Waals surface area (Å²) in [4.78, 5) is 38.5. The van der Waals surface area contributed by atoms with Crippen LogP contribution in [0.4, 0.5) is 16.2 Å². The van der Waals surface area contributed by atoms with E-state index < -0.39 is 22.3 Å². The molecule has 2 N–H and O–H groups in total. The summed E-state index contributed by atoms with van der Waals surface area (Å²) in [5, 5.41) is 11.5. The highest BCUT2D eigenvalue weighted by Gasteiger charge is 2.41. The molecular weight excluding hydrogens is 412 g/mol. The topological polar surface area (TPSA) is 86.7 Å². The SMILES string of the molecule is CCCCc1ccc(N2C(=O)SC(CC(=O)Nc3cc(Cl)ccc3O)C2=O)cc1. The van der Waals surface area contributed by atoms with Gasteiger partial charge in [-0.05, 0) is 60.5 Å². The number of phenols is 1. The predicted molar refractivity (Wildman–Crippen MR) is 116 cm³/mol. The zero-order chi connectivity index (χ0) is 21.0. The highest BCUT2D eigenvalue weighted by Crippen LogP contribution is 2.34. The van der Waals surface area contributed by atoms with E-state index in [1.165, 1.54) is 18.2 Å². The minimum atomic E-state index is -0.816. The second kappa shape index (κ2) is 9.33. The molecule has 1 saturated heterocycles. The standard InChI is InChI=1S/C21H21ClN2O4S/c1-2-3-4-13-5-8-15(9-6-13)24-20(27)18(29-21(24)28)12-19(26)23-16-11-14(22)7-10-17(16)25/h5-11,18,25H,2-4,12H2,1H3,(H,23,26). The molecule has 1 aliphatic rings. The van der Waals surface area contributed by atoms with Crippen molar-refractivity contribution >= 4 is 51.8 Å². The molecule has 0 bridgehead atoms. The van der Waals surface area contributed by atoms with Crippen LogP contribution in [0.3, 0.4) is 0 Å². The minimum absolute atomic E-state index is 0.131. The highest BCUT2D eigenvalue weighted by molar-refractivity contribution is 8.15. The second-order valence-corrected chi connectivity index (χ2v) is 8.32. The quantitative estimate of drug-likeness (QED) is 0.602. The normalized spacial score (nSPS) is 16.3. The molecule has 3 rings (SSSR count). The van der Waals surface area contributed by atoms with Crippen molar-refractivity contribution in [3.63, 3.8) is 0 Å². The number of unbranched alkanes of at least 4 members (excludes halogenated alkanes) is 1. The van der Waals surface area contributed by atoms with Crippen LogP contribution in [0.15, 0.2) is 42.5 Å². The molecule has 0 aromatic heterocycles. The molecule has 1 heterocycles. The Kier molecular flexibility index (Phi) is 6.82. The number of hydrogen-bond donors (Lipinski definition) is 2. The van der Waals surface area contributed by atoms with Gasteiger partial charge in [0.05, 0.1) is 11.4 Å². The van der Waals surface area contributed by atoms with Crippen molar-refractivity contribution in [2.75, 3.05) is 10.2 Å². The van der Waals surface area contributed by atoms with Crippen LogP contribution in [0, 0.1) is 0 Å². The smallest absolute Gasteiger partial charge is 0.293 e. The van der Waals surface area contributed by atoms with Gasteiger partial charge in [0.2, 0.25) is 11.8 Å². The number of halogens is 1. The van der Waals surface area contributed by atoms with Crippen molar-refractivity contribution in [1.82, 2.24) is 0 Å². The lowest BCUT2D eigenvalue weighted by molar-refractivity contribution is -0.121. The first-order chi connectivity index (χ1) is 13.9. The summed E-state index contributed by atoms with van der Waals surface area (Å²) in [5.74, 6) is -1.04. The molecule has 1 fully saturated rings. The average Bonchev–Trinajstić information content (AvgIpc) is 2.96. The third-order valence-electron chi connectivity index (χ3n) is 4.54. The summed E-state index contributed by atoms with van der Waals surface area (Å²) in [6.45, 7) is 2.12. The van der Waals surface area contributed by atoms with Crippen LogP contribution in [0.5, 0.6) is 5.75 Å². The summed E-state index contributed by atoms with van der Waals surface area (Å²) in [6.07, 6.45) is 2.94. The number of benzene rings is 2. The number of phenolic OH excluding ortho intramolecular Hbond substituents is 1. The fraction of sp³-hybridized carbons (Fsp3) is 0.286. The van der Waals surface area contributed by atoms with E-state index in [9.17, 15) is 19.5 Å². The third-order valence-corrected chi connectivity index (χ3v) is 5.81. The molecular formula is C21H21ClN2O4S. The van der Waals surface area contributed by atoms with Crippen molar-refractivity contribution in [2.24, 2.45) is 0 Å². The first-order valence-electron chi connectivity index (χ1n) is 9.31. The average molecular weight is 433 g/mol. The molecule has 152 valence electrons. The monoisotopic (exact) mass is 432 g/mol. The second-order valence-electron chi connectivity index (χ2n) is 6.73. The van der Waals surface area contributed by atoms with E-state index in [2.05, 4.69) is 12.2 Å². The summed E-state index contributed by atoms with van der Waals surface area (Å²) in [5.41, 5.74) is 1.81. The number of nitrogens with one attached hydrogen (secondary N) is 1. The van der Waals surface area contributed by atoms with E-state index in [4.69, 9.17) is 11.6 Å².